The molecule has 254 valence electrons. The van der Waals surface area contributed by atoms with Crippen molar-refractivity contribution >= 4 is 43.6 Å². The van der Waals surface area contributed by atoms with Gasteiger partial charge in [0.15, 0.2) is 0 Å². The Kier molecular flexibility index (Phi) is 5.90. The molecule has 0 saturated carbocycles. The minimum Gasteiger partial charge on any atom is -0.308 e. The Morgan fingerprint density at radius 2 is 0.833 bits per heavy atom. The van der Waals surface area contributed by atoms with Crippen LogP contribution in [0.15, 0.2) is 133 Å². The third kappa shape index (κ3) is 3.75. The van der Waals surface area contributed by atoms with Crippen LogP contribution in [0.4, 0.5) is 0 Å². The number of aromatic nitrogens is 2. The lowest BCUT2D eigenvalue weighted by atomic mass is 9.82. The number of nitrogens with zero attached hydrogens (tertiary/aromatic N) is 4. The Bertz CT molecular complexity index is 3040. The Morgan fingerprint density at radius 1 is 0.407 bits per heavy atom. The zero-order valence-corrected chi connectivity index (χ0v) is 30.5. The minimum atomic E-state index is -0.151. The highest BCUT2D eigenvalue weighted by molar-refractivity contribution is 6.13. The SMILES string of the molecule is CC1(C)c2ccccc2-c2cc3c(cc21)c1ccccc1n3-c1cc(C#N)cc(-n2c3ccccc3c3cc4c(cc32)-c2ccccc2C4(C)C)c1C#N. The van der Waals surface area contributed by atoms with Crippen molar-refractivity contribution < 1.29 is 0 Å². The maximum Gasteiger partial charge on any atom is 0.104 e. The summed E-state index contributed by atoms with van der Waals surface area (Å²) in [5.41, 5.74) is 16.3. The summed E-state index contributed by atoms with van der Waals surface area (Å²) in [6, 6.07) is 52.5. The maximum atomic E-state index is 11.3. The Balaban J connectivity index is 1.26. The molecule has 7 aromatic carbocycles. The Labute approximate surface area is 313 Å². The van der Waals surface area contributed by atoms with Crippen LogP contribution >= 0.6 is 0 Å². The highest BCUT2D eigenvalue weighted by Crippen LogP contribution is 2.53. The van der Waals surface area contributed by atoms with Crippen LogP contribution in [0.1, 0.15) is 61.1 Å². The average molecular weight is 691 g/mol. The molecule has 4 nitrogen and oxygen atoms in total. The van der Waals surface area contributed by atoms with Crippen LogP contribution in [0.25, 0.3) is 77.2 Å². The van der Waals surface area contributed by atoms with Crippen molar-refractivity contribution in [3.63, 3.8) is 0 Å². The molecule has 9 aromatic rings. The van der Waals surface area contributed by atoms with Crippen LogP contribution in [0.5, 0.6) is 0 Å². The zero-order valence-electron chi connectivity index (χ0n) is 30.5. The van der Waals surface area contributed by atoms with Gasteiger partial charge in [0, 0.05) is 32.4 Å². The Hall–Kier alpha value is -6.88. The summed E-state index contributed by atoms with van der Waals surface area (Å²) >= 11 is 0. The maximum absolute atomic E-state index is 11.3. The number of nitriles is 2. The molecule has 0 bridgehead atoms. The summed E-state index contributed by atoms with van der Waals surface area (Å²) in [7, 11) is 0. The van der Waals surface area contributed by atoms with E-state index >= 15 is 0 Å². The van der Waals surface area contributed by atoms with Crippen LogP contribution in [0, 0.1) is 22.7 Å². The molecule has 0 aliphatic heterocycles. The molecule has 2 aromatic heterocycles. The third-order valence-corrected chi connectivity index (χ3v) is 12.6. The van der Waals surface area contributed by atoms with E-state index in [0.29, 0.717) is 22.5 Å². The van der Waals surface area contributed by atoms with Gasteiger partial charge in [-0.05, 0) is 93.0 Å². The largest absolute Gasteiger partial charge is 0.308 e. The molecule has 0 saturated heterocycles. The number of benzene rings is 7. The van der Waals surface area contributed by atoms with Crippen molar-refractivity contribution in [2.45, 2.75) is 38.5 Å². The van der Waals surface area contributed by atoms with Crippen LogP contribution < -0.4 is 0 Å². The zero-order chi connectivity index (χ0) is 36.7. The topological polar surface area (TPSA) is 57.4 Å². The molecule has 0 spiro atoms. The van der Waals surface area contributed by atoms with Gasteiger partial charge in [-0.1, -0.05) is 113 Å². The van der Waals surface area contributed by atoms with Crippen molar-refractivity contribution in [3.8, 4) is 45.8 Å². The molecular weight excluding hydrogens is 657 g/mol. The van der Waals surface area contributed by atoms with E-state index < -0.39 is 0 Å². The minimum absolute atomic E-state index is 0.151. The van der Waals surface area contributed by atoms with E-state index in [1.807, 2.05) is 12.1 Å². The quantitative estimate of drug-likeness (QED) is 0.181. The molecule has 11 rings (SSSR count). The Morgan fingerprint density at radius 3 is 1.28 bits per heavy atom. The van der Waals surface area contributed by atoms with Gasteiger partial charge in [-0.3, -0.25) is 0 Å². The van der Waals surface area contributed by atoms with Crippen molar-refractivity contribution in [3.05, 3.63) is 167 Å². The molecule has 0 unspecified atom stereocenters. The third-order valence-electron chi connectivity index (χ3n) is 12.6. The van der Waals surface area contributed by atoms with E-state index in [1.54, 1.807) is 0 Å². The predicted octanol–water partition coefficient (Wildman–Crippen LogP) is 12.2. The summed E-state index contributed by atoms with van der Waals surface area (Å²) in [4.78, 5) is 0. The second-order valence-corrected chi connectivity index (χ2v) is 16.0. The summed E-state index contributed by atoms with van der Waals surface area (Å²) in [6.45, 7) is 9.22. The van der Waals surface area contributed by atoms with Crippen molar-refractivity contribution in [2.24, 2.45) is 0 Å². The summed E-state index contributed by atoms with van der Waals surface area (Å²) in [5.74, 6) is 0. The van der Waals surface area contributed by atoms with Gasteiger partial charge in [-0.15, -0.1) is 0 Å². The fraction of sp³-hybridized carbons (Fsp3) is 0.120. The number of fused-ring (bicyclic) bond motifs is 12. The molecule has 2 aliphatic carbocycles. The fourth-order valence-electron chi connectivity index (χ4n) is 9.99. The molecule has 2 aliphatic rings. The van der Waals surface area contributed by atoms with E-state index in [-0.39, 0.29) is 10.8 Å². The number of hydrogen-bond donors (Lipinski definition) is 0. The smallest absolute Gasteiger partial charge is 0.104 e. The fourth-order valence-corrected chi connectivity index (χ4v) is 9.99. The van der Waals surface area contributed by atoms with Crippen molar-refractivity contribution in [1.82, 2.24) is 9.13 Å². The van der Waals surface area contributed by atoms with Crippen LogP contribution in [0.3, 0.4) is 0 Å². The van der Waals surface area contributed by atoms with Gasteiger partial charge in [0.1, 0.15) is 11.6 Å². The predicted molar refractivity (Wildman–Crippen MR) is 220 cm³/mol. The van der Waals surface area contributed by atoms with Gasteiger partial charge in [0.2, 0.25) is 0 Å². The molecule has 4 heteroatoms. The molecule has 0 radical (unpaired) electrons. The highest BCUT2D eigenvalue weighted by atomic mass is 15.0. The molecule has 0 atom stereocenters. The first-order valence-electron chi connectivity index (χ1n) is 18.6. The van der Waals surface area contributed by atoms with Gasteiger partial charge in [-0.25, -0.2) is 0 Å². The van der Waals surface area contributed by atoms with Gasteiger partial charge in [-0.2, -0.15) is 10.5 Å². The van der Waals surface area contributed by atoms with Gasteiger partial charge in [0.25, 0.3) is 0 Å². The first kappa shape index (κ1) is 30.7. The first-order chi connectivity index (χ1) is 26.2. The van der Waals surface area contributed by atoms with Crippen LogP contribution in [-0.4, -0.2) is 9.13 Å². The van der Waals surface area contributed by atoms with Crippen molar-refractivity contribution in [1.29, 1.82) is 10.5 Å². The van der Waals surface area contributed by atoms with E-state index in [1.165, 1.54) is 44.5 Å². The van der Waals surface area contributed by atoms with E-state index in [9.17, 15) is 10.5 Å². The van der Waals surface area contributed by atoms with Crippen LogP contribution in [0.2, 0.25) is 0 Å². The highest BCUT2D eigenvalue weighted by Gasteiger charge is 2.38. The van der Waals surface area contributed by atoms with Crippen LogP contribution in [-0.2, 0) is 10.8 Å². The van der Waals surface area contributed by atoms with E-state index in [2.05, 4.69) is 170 Å². The van der Waals surface area contributed by atoms with Crippen molar-refractivity contribution in [2.75, 3.05) is 0 Å². The molecule has 2 heterocycles. The normalized spacial score (nSPS) is 14.6. The number of para-hydroxylation sites is 2. The van der Waals surface area contributed by atoms with E-state index in [0.717, 1.165) is 43.6 Å². The first-order valence-corrected chi connectivity index (χ1v) is 18.6. The number of hydrogen-bond acceptors (Lipinski definition) is 2. The lowest BCUT2D eigenvalue weighted by Crippen LogP contribution is -2.14. The lowest BCUT2D eigenvalue weighted by molar-refractivity contribution is 0.661. The van der Waals surface area contributed by atoms with Gasteiger partial charge < -0.3 is 9.13 Å². The molecular formula is C50H34N4. The monoisotopic (exact) mass is 690 g/mol. The standard InChI is InChI=1S/C50H34N4/c1-49(2)39-17-9-5-13-30(39)34-25-47-36(23-41(34)49)32-15-7-11-19-43(32)53(47)45-21-29(27-51)22-46(38(45)28-52)54-44-20-12-8-16-33(44)37-24-42-35(26-48(37)54)31-14-6-10-18-40(31)50(42,3)4/h5-26H,1-4H3. The molecule has 0 fully saturated rings. The summed E-state index contributed by atoms with van der Waals surface area (Å²) in [5, 5.41) is 26.4. The summed E-state index contributed by atoms with van der Waals surface area (Å²) in [6.07, 6.45) is 0. The molecule has 54 heavy (non-hydrogen) atoms. The number of rotatable bonds is 2. The van der Waals surface area contributed by atoms with Gasteiger partial charge >= 0.3 is 0 Å². The second kappa shape index (κ2) is 10.4. The molecule has 0 N–H and O–H groups in total. The lowest BCUT2D eigenvalue weighted by Gasteiger charge is -2.21. The average Bonchev–Trinajstić information content (AvgIpc) is 3.84. The van der Waals surface area contributed by atoms with E-state index in [4.69, 9.17) is 0 Å². The second-order valence-electron chi connectivity index (χ2n) is 16.0. The summed E-state index contributed by atoms with van der Waals surface area (Å²) < 4.78 is 4.43. The molecule has 0 amide bonds. The van der Waals surface area contributed by atoms with Gasteiger partial charge in [0.05, 0.1) is 45.1 Å².